The normalized spacial score (nSPS) is 18.2. The molecule has 0 aliphatic carbocycles. The molecule has 1 heterocycles. The van der Waals surface area contributed by atoms with E-state index in [4.69, 9.17) is 11.6 Å². The molecule has 2 aromatic rings. The minimum atomic E-state index is -3.64. The molecule has 0 saturated carbocycles. The van der Waals surface area contributed by atoms with Crippen molar-refractivity contribution in [1.82, 2.24) is 4.31 Å². The van der Waals surface area contributed by atoms with Crippen molar-refractivity contribution in [3.63, 3.8) is 0 Å². The standard InChI is InChI=1S/C21H25ClN2O3S/c1-15(2)16-5-9-19(10-6-16)23-21(25)17-4-3-13-24(14-17)28(26,27)20-11-7-18(22)8-12-20/h5-12,15,17H,3-4,13-14H2,1-2H3,(H,23,25)/t17-/m0/s1. The summed E-state index contributed by atoms with van der Waals surface area (Å²) >= 11 is 5.85. The Morgan fingerprint density at radius 3 is 2.36 bits per heavy atom. The molecule has 0 bridgehead atoms. The van der Waals surface area contributed by atoms with E-state index in [1.165, 1.54) is 22.0 Å². The summed E-state index contributed by atoms with van der Waals surface area (Å²) in [4.78, 5) is 12.9. The van der Waals surface area contributed by atoms with Crippen LogP contribution in [0.5, 0.6) is 0 Å². The Labute approximate surface area is 171 Å². The molecule has 1 aliphatic heterocycles. The fourth-order valence-electron chi connectivity index (χ4n) is 3.33. The number of benzene rings is 2. The first-order valence-corrected chi connectivity index (χ1v) is 11.3. The number of nitrogens with one attached hydrogen (secondary N) is 1. The number of sulfonamides is 1. The number of carbonyl (C=O) groups is 1. The Balaban J connectivity index is 1.68. The topological polar surface area (TPSA) is 66.5 Å². The van der Waals surface area contributed by atoms with E-state index in [9.17, 15) is 13.2 Å². The Kier molecular flexibility index (Phi) is 6.43. The summed E-state index contributed by atoms with van der Waals surface area (Å²) in [5.74, 6) is -0.0939. The minimum Gasteiger partial charge on any atom is -0.326 e. The van der Waals surface area contributed by atoms with Gasteiger partial charge in [0.25, 0.3) is 0 Å². The number of amides is 1. The maximum Gasteiger partial charge on any atom is 0.243 e. The van der Waals surface area contributed by atoms with Gasteiger partial charge in [-0.05, 0) is 60.7 Å². The highest BCUT2D eigenvalue weighted by molar-refractivity contribution is 7.89. The molecule has 5 nitrogen and oxygen atoms in total. The molecular formula is C21H25ClN2O3S. The van der Waals surface area contributed by atoms with E-state index in [2.05, 4.69) is 19.2 Å². The van der Waals surface area contributed by atoms with Gasteiger partial charge < -0.3 is 5.32 Å². The molecule has 1 atom stereocenters. The SMILES string of the molecule is CC(C)c1ccc(NC(=O)[C@H]2CCCN(S(=O)(=O)c3ccc(Cl)cc3)C2)cc1. The molecule has 1 saturated heterocycles. The van der Waals surface area contributed by atoms with Gasteiger partial charge in [-0.2, -0.15) is 4.31 Å². The van der Waals surface area contributed by atoms with E-state index >= 15 is 0 Å². The molecule has 1 aliphatic rings. The van der Waals surface area contributed by atoms with Gasteiger partial charge in [-0.15, -0.1) is 0 Å². The zero-order chi connectivity index (χ0) is 20.3. The predicted molar refractivity (Wildman–Crippen MR) is 112 cm³/mol. The molecule has 0 aromatic heterocycles. The van der Waals surface area contributed by atoms with Crippen LogP contribution in [0.4, 0.5) is 5.69 Å². The van der Waals surface area contributed by atoms with Crippen LogP contribution in [0.2, 0.25) is 5.02 Å². The van der Waals surface area contributed by atoms with Crippen molar-refractivity contribution < 1.29 is 13.2 Å². The molecule has 1 amide bonds. The second kappa shape index (κ2) is 8.64. The molecule has 0 unspecified atom stereocenters. The number of hydrogen-bond acceptors (Lipinski definition) is 3. The van der Waals surface area contributed by atoms with E-state index in [-0.39, 0.29) is 23.3 Å². The molecule has 0 radical (unpaired) electrons. The van der Waals surface area contributed by atoms with Crippen molar-refractivity contribution in [3.8, 4) is 0 Å². The lowest BCUT2D eigenvalue weighted by molar-refractivity contribution is -0.120. The first-order valence-electron chi connectivity index (χ1n) is 9.44. The lowest BCUT2D eigenvalue weighted by Gasteiger charge is -2.31. The molecule has 2 aromatic carbocycles. The van der Waals surface area contributed by atoms with Crippen molar-refractivity contribution in [2.45, 2.75) is 37.5 Å². The fourth-order valence-corrected chi connectivity index (χ4v) is 4.98. The minimum absolute atomic E-state index is 0.145. The van der Waals surface area contributed by atoms with Crippen molar-refractivity contribution in [3.05, 3.63) is 59.1 Å². The van der Waals surface area contributed by atoms with Crippen LogP contribution in [0.25, 0.3) is 0 Å². The van der Waals surface area contributed by atoms with Crippen molar-refractivity contribution in [2.75, 3.05) is 18.4 Å². The molecule has 1 N–H and O–H groups in total. The van der Waals surface area contributed by atoms with E-state index in [0.717, 1.165) is 5.69 Å². The third-order valence-corrected chi connectivity index (χ3v) is 7.18. The average molecular weight is 421 g/mol. The zero-order valence-electron chi connectivity index (χ0n) is 16.1. The number of halogens is 1. The van der Waals surface area contributed by atoms with Crippen molar-refractivity contribution in [2.24, 2.45) is 5.92 Å². The van der Waals surface area contributed by atoms with Crippen molar-refractivity contribution in [1.29, 1.82) is 0 Å². The summed E-state index contributed by atoms with van der Waals surface area (Å²) in [6.45, 7) is 4.83. The summed E-state index contributed by atoms with van der Waals surface area (Å²) in [5, 5.41) is 3.40. The van der Waals surface area contributed by atoms with Crippen LogP contribution in [0.15, 0.2) is 53.4 Å². The first-order chi connectivity index (χ1) is 13.3. The van der Waals surface area contributed by atoms with Gasteiger partial charge in [0.05, 0.1) is 10.8 Å². The van der Waals surface area contributed by atoms with Crippen LogP contribution in [0, 0.1) is 5.92 Å². The van der Waals surface area contributed by atoms with Gasteiger partial charge in [0, 0.05) is 23.8 Å². The maximum absolute atomic E-state index is 12.9. The highest BCUT2D eigenvalue weighted by atomic mass is 35.5. The molecule has 150 valence electrons. The van der Waals surface area contributed by atoms with Gasteiger partial charge in [0.2, 0.25) is 15.9 Å². The third-order valence-electron chi connectivity index (χ3n) is 5.05. The van der Waals surface area contributed by atoms with Crippen LogP contribution in [-0.4, -0.2) is 31.7 Å². The molecule has 3 rings (SSSR count). The Hall–Kier alpha value is -1.89. The van der Waals surface area contributed by atoms with Gasteiger partial charge in [-0.3, -0.25) is 4.79 Å². The van der Waals surface area contributed by atoms with Crippen LogP contribution < -0.4 is 5.32 Å². The third kappa shape index (κ3) is 4.74. The predicted octanol–water partition coefficient (Wildman–Crippen LogP) is 4.50. The summed E-state index contributed by atoms with van der Waals surface area (Å²) < 4.78 is 27.1. The Bertz CT molecular complexity index is 925. The average Bonchev–Trinajstić information content (AvgIpc) is 2.69. The number of rotatable bonds is 5. The molecule has 7 heteroatoms. The number of nitrogens with zero attached hydrogens (tertiary/aromatic N) is 1. The number of carbonyl (C=O) groups excluding carboxylic acids is 1. The monoisotopic (exact) mass is 420 g/mol. The van der Waals surface area contributed by atoms with Crippen LogP contribution in [-0.2, 0) is 14.8 Å². The maximum atomic E-state index is 12.9. The lowest BCUT2D eigenvalue weighted by atomic mass is 9.98. The zero-order valence-corrected chi connectivity index (χ0v) is 17.6. The van der Waals surface area contributed by atoms with Gasteiger partial charge in [-0.25, -0.2) is 8.42 Å². The van der Waals surface area contributed by atoms with E-state index in [1.807, 2.05) is 24.3 Å². The number of anilines is 1. The Morgan fingerprint density at radius 2 is 1.75 bits per heavy atom. The largest absolute Gasteiger partial charge is 0.326 e. The van der Waals surface area contributed by atoms with Crippen LogP contribution in [0.3, 0.4) is 0 Å². The highest BCUT2D eigenvalue weighted by Crippen LogP contribution is 2.26. The van der Waals surface area contributed by atoms with Crippen LogP contribution >= 0.6 is 11.6 Å². The van der Waals surface area contributed by atoms with Gasteiger partial charge in [-0.1, -0.05) is 37.6 Å². The van der Waals surface area contributed by atoms with Gasteiger partial charge in [0.15, 0.2) is 0 Å². The fraction of sp³-hybridized carbons (Fsp3) is 0.381. The van der Waals surface area contributed by atoms with Gasteiger partial charge >= 0.3 is 0 Å². The van der Waals surface area contributed by atoms with Gasteiger partial charge in [0.1, 0.15) is 0 Å². The summed E-state index contributed by atoms with van der Waals surface area (Å²) in [7, 11) is -3.64. The lowest BCUT2D eigenvalue weighted by Crippen LogP contribution is -2.43. The summed E-state index contributed by atoms with van der Waals surface area (Å²) in [6, 6.07) is 13.9. The van der Waals surface area contributed by atoms with E-state index in [0.29, 0.717) is 30.3 Å². The first kappa shape index (κ1) is 20.8. The number of hydrogen-bond donors (Lipinski definition) is 1. The quantitative estimate of drug-likeness (QED) is 0.774. The second-order valence-corrected chi connectivity index (χ2v) is 9.80. The highest BCUT2D eigenvalue weighted by Gasteiger charge is 2.33. The van der Waals surface area contributed by atoms with E-state index < -0.39 is 10.0 Å². The second-order valence-electron chi connectivity index (χ2n) is 7.42. The molecule has 0 spiro atoms. The summed E-state index contributed by atoms with van der Waals surface area (Å²) in [5.41, 5.74) is 1.93. The molecule has 28 heavy (non-hydrogen) atoms. The smallest absolute Gasteiger partial charge is 0.243 e. The number of piperidine rings is 1. The van der Waals surface area contributed by atoms with E-state index in [1.54, 1.807) is 12.1 Å². The molecular weight excluding hydrogens is 396 g/mol. The molecule has 1 fully saturated rings. The van der Waals surface area contributed by atoms with Crippen LogP contribution in [0.1, 0.15) is 38.2 Å². The Morgan fingerprint density at radius 1 is 1.11 bits per heavy atom. The summed E-state index contributed by atoms with van der Waals surface area (Å²) in [6.07, 6.45) is 1.32. The van der Waals surface area contributed by atoms with Crippen molar-refractivity contribution >= 4 is 33.2 Å².